The highest BCUT2D eigenvalue weighted by atomic mass is 32.2. The third-order valence-electron chi connectivity index (χ3n) is 1.33. The van der Waals surface area contributed by atoms with Gasteiger partial charge in [0.1, 0.15) is 11.0 Å². The number of carbonyl (C=O) groups excluding carboxylic acids is 1. The van der Waals surface area contributed by atoms with Crippen LogP contribution < -0.4 is 0 Å². The summed E-state index contributed by atoms with van der Waals surface area (Å²) < 4.78 is 28.6. The molecule has 5 heteroatoms. The van der Waals surface area contributed by atoms with Crippen LogP contribution in [0.3, 0.4) is 0 Å². The van der Waals surface area contributed by atoms with Crippen molar-refractivity contribution in [2.45, 2.75) is 18.1 Å². The van der Waals surface area contributed by atoms with Crippen molar-refractivity contribution < 1.29 is 17.8 Å². The van der Waals surface area contributed by atoms with E-state index in [1.807, 2.05) is 0 Å². The van der Waals surface area contributed by atoms with Crippen molar-refractivity contribution in [3.05, 3.63) is 0 Å². The molecular weight excluding hydrogens is 144 g/mol. The highest BCUT2D eigenvalue weighted by molar-refractivity contribution is 7.86. The van der Waals surface area contributed by atoms with Gasteiger partial charge in [0.2, 0.25) is 0 Å². The Kier molecular flexibility index (Phi) is 1.32. The molecule has 1 saturated carbocycles. The van der Waals surface area contributed by atoms with Crippen LogP contribution >= 0.6 is 0 Å². The lowest BCUT2D eigenvalue weighted by Gasteiger charge is -2.19. The van der Waals surface area contributed by atoms with Gasteiger partial charge >= 0.3 is 0 Å². The van der Waals surface area contributed by atoms with Gasteiger partial charge in [-0.25, -0.2) is 0 Å². The molecule has 0 saturated heterocycles. The standard InChI is InChI=1S/C4H6O4S/c5-3-1-4(2-3)9(6,7)8/h4H,1-2H2,(H,6,7,8). The first-order valence-electron chi connectivity index (χ1n) is 2.48. The van der Waals surface area contributed by atoms with E-state index >= 15 is 0 Å². The van der Waals surface area contributed by atoms with Gasteiger partial charge < -0.3 is 0 Å². The summed E-state index contributed by atoms with van der Waals surface area (Å²) in [6.07, 6.45) is -0.0301. The predicted molar refractivity (Wildman–Crippen MR) is 29.6 cm³/mol. The van der Waals surface area contributed by atoms with Crippen LogP contribution in [0.1, 0.15) is 12.8 Å². The van der Waals surface area contributed by atoms with Crippen molar-refractivity contribution in [1.82, 2.24) is 0 Å². The first-order chi connectivity index (χ1) is 4.00. The summed E-state index contributed by atoms with van der Waals surface area (Å²) in [5, 5.41) is -0.815. The fourth-order valence-electron chi connectivity index (χ4n) is 0.659. The predicted octanol–water partition coefficient (Wildman–Crippen LogP) is -0.394. The van der Waals surface area contributed by atoms with Gasteiger partial charge in [-0.2, -0.15) is 8.42 Å². The quantitative estimate of drug-likeness (QED) is 0.516. The van der Waals surface area contributed by atoms with Crippen LogP contribution in [0.25, 0.3) is 0 Å². The molecule has 52 valence electrons. The molecule has 0 spiro atoms. The minimum absolute atomic E-state index is 0.0150. The molecule has 1 aliphatic carbocycles. The number of ketones is 1. The SMILES string of the molecule is O=C1CC(S(=O)(=O)O)C1. The second-order valence-electron chi connectivity index (χ2n) is 2.08. The molecule has 0 amide bonds. The molecule has 4 nitrogen and oxygen atoms in total. The van der Waals surface area contributed by atoms with Gasteiger partial charge in [-0.05, 0) is 0 Å². The molecule has 0 aromatic rings. The number of carbonyl (C=O) groups is 1. The van der Waals surface area contributed by atoms with Crippen molar-refractivity contribution in [1.29, 1.82) is 0 Å². The lowest BCUT2D eigenvalue weighted by molar-refractivity contribution is -0.123. The van der Waals surface area contributed by atoms with E-state index in [1.165, 1.54) is 0 Å². The number of Topliss-reactive ketones (excluding diaryl/α,β-unsaturated/α-hetero) is 1. The Bertz CT molecular complexity index is 219. The summed E-state index contributed by atoms with van der Waals surface area (Å²) >= 11 is 0. The highest BCUT2D eigenvalue weighted by Crippen LogP contribution is 2.21. The van der Waals surface area contributed by atoms with E-state index in [1.54, 1.807) is 0 Å². The molecule has 0 unspecified atom stereocenters. The fraction of sp³-hybridized carbons (Fsp3) is 0.750. The summed E-state index contributed by atoms with van der Waals surface area (Å²) in [5.41, 5.74) is 0. The van der Waals surface area contributed by atoms with Crippen LogP contribution in [-0.4, -0.2) is 24.0 Å². The minimum Gasteiger partial charge on any atom is -0.300 e. The van der Waals surface area contributed by atoms with E-state index < -0.39 is 15.4 Å². The maximum Gasteiger partial charge on any atom is 0.268 e. The smallest absolute Gasteiger partial charge is 0.268 e. The number of hydrogen-bond donors (Lipinski definition) is 1. The Morgan fingerprint density at radius 2 is 1.89 bits per heavy atom. The monoisotopic (exact) mass is 150 g/mol. The van der Waals surface area contributed by atoms with E-state index in [2.05, 4.69) is 0 Å². The van der Waals surface area contributed by atoms with Crippen molar-refractivity contribution in [2.75, 3.05) is 0 Å². The summed E-state index contributed by atoms with van der Waals surface area (Å²) in [4.78, 5) is 10.2. The van der Waals surface area contributed by atoms with E-state index in [9.17, 15) is 13.2 Å². The average molecular weight is 150 g/mol. The third-order valence-corrected chi connectivity index (χ3v) is 2.51. The lowest BCUT2D eigenvalue weighted by atomic mass is 9.98. The zero-order valence-electron chi connectivity index (χ0n) is 4.57. The molecule has 0 aromatic carbocycles. The minimum atomic E-state index is -3.92. The molecule has 0 aromatic heterocycles. The van der Waals surface area contributed by atoms with Gasteiger partial charge in [0.25, 0.3) is 10.1 Å². The summed E-state index contributed by atoms with van der Waals surface area (Å²) in [5.74, 6) is -0.0994. The maximum absolute atomic E-state index is 10.2. The molecule has 0 aliphatic heterocycles. The fourth-order valence-corrected chi connectivity index (χ4v) is 1.45. The van der Waals surface area contributed by atoms with Crippen LogP contribution in [0.4, 0.5) is 0 Å². The molecular formula is C4H6O4S. The molecule has 1 fully saturated rings. The van der Waals surface area contributed by atoms with Crippen LogP contribution in [0.2, 0.25) is 0 Å². The Labute approximate surface area is 52.6 Å². The summed E-state index contributed by atoms with van der Waals surface area (Å²) in [7, 11) is -3.92. The van der Waals surface area contributed by atoms with E-state index in [0.29, 0.717) is 0 Å². The normalized spacial score (nSPS) is 21.7. The molecule has 0 bridgehead atoms. The van der Waals surface area contributed by atoms with Crippen LogP contribution in [-0.2, 0) is 14.9 Å². The van der Waals surface area contributed by atoms with E-state index in [-0.39, 0.29) is 18.6 Å². The van der Waals surface area contributed by atoms with Crippen molar-refractivity contribution in [3.63, 3.8) is 0 Å². The topological polar surface area (TPSA) is 71.4 Å². The molecule has 0 heterocycles. The summed E-state index contributed by atoms with van der Waals surface area (Å²) in [6.45, 7) is 0. The Morgan fingerprint density at radius 3 is 2.00 bits per heavy atom. The van der Waals surface area contributed by atoms with Crippen molar-refractivity contribution in [3.8, 4) is 0 Å². The van der Waals surface area contributed by atoms with Crippen LogP contribution in [0.5, 0.6) is 0 Å². The van der Waals surface area contributed by atoms with Crippen LogP contribution in [0.15, 0.2) is 0 Å². The average Bonchev–Trinajstić information content (AvgIpc) is 1.55. The highest BCUT2D eigenvalue weighted by Gasteiger charge is 2.36. The molecule has 1 N–H and O–H groups in total. The zero-order valence-corrected chi connectivity index (χ0v) is 5.39. The molecule has 1 rings (SSSR count). The molecule has 0 atom stereocenters. The molecule has 1 aliphatic rings. The van der Waals surface area contributed by atoms with Gasteiger partial charge in [0.15, 0.2) is 0 Å². The third kappa shape index (κ3) is 1.28. The van der Waals surface area contributed by atoms with E-state index in [0.717, 1.165) is 0 Å². The maximum atomic E-state index is 10.2. The summed E-state index contributed by atoms with van der Waals surface area (Å²) in [6, 6.07) is 0. The Hall–Kier alpha value is -0.420. The molecule has 0 radical (unpaired) electrons. The Morgan fingerprint density at radius 1 is 1.44 bits per heavy atom. The van der Waals surface area contributed by atoms with Gasteiger partial charge in [-0.15, -0.1) is 0 Å². The van der Waals surface area contributed by atoms with Gasteiger partial charge in [-0.1, -0.05) is 0 Å². The van der Waals surface area contributed by atoms with E-state index in [4.69, 9.17) is 4.55 Å². The number of hydrogen-bond acceptors (Lipinski definition) is 3. The molecule has 9 heavy (non-hydrogen) atoms. The van der Waals surface area contributed by atoms with Crippen LogP contribution in [0, 0.1) is 0 Å². The van der Waals surface area contributed by atoms with Crippen molar-refractivity contribution >= 4 is 15.9 Å². The zero-order chi connectivity index (χ0) is 7.07. The van der Waals surface area contributed by atoms with Gasteiger partial charge in [0, 0.05) is 12.8 Å². The van der Waals surface area contributed by atoms with Crippen molar-refractivity contribution in [2.24, 2.45) is 0 Å². The lowest BCUT2D eigenvalue weighted by Crippen LogP contribution is -2.35. The van der Waals surface area contributed by atoms with Gasteiger partial charge in [-0.3, -0.25) is 9.35 Å². The largest absolute Gasteiger partial charge is 0.300 e. The first kappa shape index (κ1) is 6.70. The van der Waals surface area contributed by atoms with Gasteiger partial charge in [0.05, 0.1) is 0 Å². The second kappa shape index (κ2) is 1.78. The second-order valence-corrected chi connectivity index (χ2v) is 3.78. The Balaban J connectivity index is 2.61. The number of rotatable bonds is 1. The first-order valence-corrected chi connectivity index (χ1v) is 3.98.